The smallest absolute Gasteiger partial charge is 0.256 e. The van der Waals surface area contributed by atoms with E-state index in [-0.39, 0.29) is 11.9 Å². The van der Waals surface area contributed by atoms with Gasteiger partial charge in [-0.25, -0.2) is 0 Å². The number of hydrogen-bond donors (Lipinski definition) is 1. The second kappa shape index (κ2) is 5.58. The predicted molar refractivity (Wildman–Crippen MR) is 88.7 cm³/mol. The van der Waals surface area contributed by atoms with Crippen molar-refractivity contribution in [2.24, 2.45) is 4.99 Å². The van der Waals surface area contributed by atoms with Crippen molar-refractivity contribution in [2.75, 3.05) is 0 Å². The van der Waals surface area contributed by atoms with Gasteiger partial charge in [0.1, 0.15) is 11.0 Å². The molecule has 0 saturated carbocycles. The summed E-state index contributed by atoms with van der Waals surface area (Å²) in [7, 11) is 0. The van der Waals surface area contributed by atoms with Crippen LogP contribution in [-0.4, -0.2) is 23.2 Å². The van der Waals surface area contributed by atoms with Gasteiger partial charge >= 0.3 is 0 Å². The topological polar surface area (TPSA) is 41.5 Å². The van der Waals surface area contributed by atoms with Gasteiger partial charge in [0.2, 0.25) is 0 Å². The molecule has 0 bridgehead atoms. The van der Waals surface area contributed by atoms with E-state index in [9.17, 15) is 4.79 Å². The first-order valence-corrected chi connectivity index (χ1v) is 7.10. The Kier molecular flexibility index (Phi) is 3.62. The van der Waals surface area contributed by atoms with E-state index in [2.05, 4.69) is 16.4 Å². The lowest BCUT2D eigenvalue weighted by atomic mass is 10.0. The molecule has 4 heteroatoms. The number of carbonyl (C=O) groups excluding carboxylic acids is 1. The Hall–Kier alpha value is -2.33. The molecule has 0 radical (unpaired) electrons. The van der Waals surface area contributed by atoms with Gasteiger partial charge in [-0.2, -0.15) is 0 Å². The highest BCUT2D eigenvalue weighted by molar-refractivity contribution is 7.80. The summed E-state index contributed by atoms with van der Waals surface area (Å²) in [5.41, 5.74) is 3.67. The lowest BCUT2D eigenvalue weighted by Crippen LogP contribution is -2.33. The number of fused-ring (bicyclic) bond motifs is 1. The Morgan fingerprint density at radius 1 is 1.29 bits per heavy atom. The Morgan fingerprint density at radius 2 is 2.05 bits per heavy atom. The SMILES string of the molecule is CC1=C(C(=S)NC(=O)c2ccccc2)[C@H]2N=CC=CC2=C1. The van der Waals surface area contributed by atoms with E-state index in [1.165, 1.54) is 0 Å². The summed E-state index contributed by atoms with van der Waals surface area (Å²) in [4.78, 5) is 17.1. The minimum atomic E-state index is -0.190. The van der Waals surface area contributed by atoms with E-state index in [1.54, 1.807) is 18.3 Å². The third-order valence-electron chi connectivity index (χ3n) is 3.51. The molecule has 1 atom stereocenters. The number of carbonyl (C=O) groups is 1. The molecular formula is C17H14N2OS. The summed E-state index contributed by atoms with van der Waals surface area (Å²) in [6.45, 7) is 1.99. The van der Waals surface area contributed by atoms with E-state index < -0.39 is 0 Å². The lowest BCUT2D eigenvalue weighted by molar-refractivity contribution is 0.0978. The maximum atomic E-state index is 12.2. The molecule has 0 saturated heterocycles. The zero-order valence-electron chi connectivity index (χ0n) is 11.5. The molecule has 1 amide bonds. The Balaban J connectivity index is 1.78. The largest absolute Gasteiger partial charge is 0.313 e. The van der Waals surface area contributed by atoms with Crippen LogP contribution in [0.2, 0.25) is 0 Å². The number of allylic oxidation sites excluding steroid dienone is 3. The summed E-state index contributed by atoms with van der Waals surface area (Å²) in [6, 6.07) is 8.97. The van der Waals surface area contributed by atoms with Crippen molar-refractivity contribution in [1.29, 1.82) is 0 Å². The van der Waals surface area contributed by atoms with E-state index in [0.717, 1.165) is 16.7 Å². The van der Waals surface area contributed by atoms with Crippen molar-refractivity contribution in [3.63, 3.8) is 0 Å². The summed E-state index contributed by atoms with van der Waals surface area (Å²) in [5, 5.41) is 2.80. The number of aliphatic imine (C=N–C) groups is 1. The molecule has 2 aliphatic rings. The minimum Gasteiger partial charge on any atom is -0.313 e. The second-order valence-electron chi connectivity index (χ2n) is 4.95. The molecule has 0 fully saturated rings. The van der Waals surface area contributed by atoms with Crippen LogP contribution < -0.4 is 5.32 Å². The highest BCUT2D eigenvalue weighted by atomic mass is 32.1. The maximum absolute atomic E-state index is 12.2. The summed E-state index contributed by atoms with van der Waals surface area (Å²) >= 11 is 5.41. The van der Waals surface area contributed by atoms with Gasteiger partial charge in [0.05, 0.1) is 0 Å². The second-order valence-corrected chi connectivity index (χ2v) is 5.36. The Labute approximate surface area is 128 Å². The number of amides is 1. The number of hydrogen-bond acceptors (Lipinski definition) is 3. The maximum Gasteiger partial charge on any atom is 0.256 e. The Morgan fingerprint density at radius 3 is 2.81 bits per heavy atom. The van der Waals surface area contributed by atoms with Crippen LogP contribution in [0.4, 0.5) is 0 Å². The van der Waals surface area contributed by atoms with Crippen molar-refractivity contribution in [3.05, 3.63) is 70.8 Å². The molecule has 3 rings (SSSR count). The lowest BCUT2D eigenvalue weighted by Gasteiger charge is -2.17. The van der Waals surface area contributed by atoms with Gasteiger partial charge in [0.15, 0.2) is 0 Å². The molecule has 1 N–H and O–H groups in total. The van der Waals surface area contributed by atoms with Crippen LogP contribution >= 0.6 is 12.2 Å². The van der Waals surface area contributed by atoms with Crippen molar-refractivity contribution in [2.45, 2.75) is 13.0 Å². The molecular weight excluding hydrogens is 280 g/mol. The Bertz CT molecular complexity index is 726. The highest BCUT2D eigenvalue weighted by Gasteiger charge is 2.28. The molecule has 0 spiro atoms. The van der Waals surface area contributed by atoms with Crippen molar-refractivity contribution >= 4 is 29.3 Å². The van der Waals surface area contributed by atoms with E-state index in [1.807, 2.05) is 37.3 Å². The van der Waals surface area contributed by atoms with Crippen LogP contribution in [-0.2, 0) is 0 Å². The number of dihydropyridines is 1. The molecule has 1 aliphatic carbocycles. The first-order valence-electron chi connectivity index (χ1n) is 6.70. The van der Waals surface area contributed by atoms with Crippen LogP contribution in [0.5, 0.6) is 0 Å². The van der Waals surface area contributed by atoms with Gasteiger partial charge < -0.3 is 5.32 Å². The summed E-state index contributed by atoms with van der Waals surface area (Å²) < 4.78 is 0. The number of benzene rings is 1. The first kappa shape index (κ1) is 13.6. The average Bonchev–Trinajstić information content (AvgIpc) is 2.83. The average molecular weight is 294 g/mol. The van der Waals surface area contributed by atoms with Crippen molar-refractivity contribution in [3.8, 4) is 0 Å². The predicted octanol–water partition coefficient (Wildman–Crippen LogP) is 3.01. The van der Waals surface area contributed by atoms with Gasteiger partial charge in [-0.3, -0.25) is 9.79 Å². The molecule has 1 aliphatic heterocycles. The van der Waals surface area contributed by atoms with Gasteiger partial charge in [0, 0.05) is 17.4 Å². The highest BCUT2D eigenvalue weighted by Crippen LogP contribution is 2.31. The fraction of sp³-hybridized carbons (Fsp3) is 0.118. The molecule has 3 nitrogen and oxygen atoms in total. The van der Waals surface area contributed by atoms with Crippen LogP contribution in [0.1, 0.15) is 17.3 Å². The van der Waals surface area contributed by atoms with Crippen LogP contribution in [0, 0.1) is 0 Å². The molecule has 1 heterocycles. The summed E-state index contributed by atoms with van der Waals surface area (Å²) in [5.74, 6) is -0.190. The molecule has 1 aromatic rings. The minimum absolute atomic E-state index is 0.0847. The number of thiocarbonyl (C=S) groups is 1. The van der Waals surface area contributed by atoms with Gasteiger partial charge in [-0.15, -0.1) is 0 Å². The van der Waals surface area contributed by atoms with Gasteiger partial charge in [-0.1, -0.05) is 42.6 Å². The molecule has 21 heavy (non-hydrogen) atoms. The normalized spacial score (nSPS) is 19.3. The van der Waals surface area contributed by atoms with Crippen LogP contribution in [0.25, 0.3) is 0 Å². The van der Waals surface area contributed by atoms with Crippen LogP contribution in [0.15, 0.2) is 70.3 Å². The third-order valence-corrected chi connectivity index (χ3v) is 3.84. The number of rotatable bonds is 2. The molecule has 0 aromatic heterocycles. The number of nitrogens with one attached hydrogen (secondary N) is 1. The fourth-order valence-corrected chi connectivity index (χ4v) is 2.88. The van der Waals surface area contributed by atoms with Crippen molar-refractivity contribution < 1.29 is 4.79 Å². The molecule has 0 unspecified atom stereocenters. The van der Waals surface area contributed by atoms with Crippen molar-refractivity contribution in [1.82, 2.24) is 5.32 Å². The first-order chi connectivity index (χ1) is 10.2. The standard InChI is InChI=1S/C17H14N2OS/c1-11-10-13-8-5-9-18-15(13)14(11)17(21)19-16(20)12-6-3-2-4-7-12/h2-10,15H,1H3,(H,19,20,21)/t15-/m0/s1. The summed E-state index contributed by atoms with van der Waals surface area (Å²) in [6.07, 6.45) is 7.76. The fourth-order valence-electron chi connectivity index (χ4n) is 2.51. The molecule has 104 valence electrons. The quantitative estimate of drug-likeness (QED) is 0.852. The van der Waals surface area contributed by atoms with Gasteiger partial charge in [0.25, 0.3) is 5.91 Å². The monoisotopic (exact) mass is 294 g/mol. The van der Waals surface area contributed by atoms with E-state index >= 15 is 0 Å². The zero-order chi connectivity index (χ0) is 14.8. The van der Waals surface area contributed by atoms with E-state index in [4.69, 9.17) is 12.2 Å². The molecule has 1 aromatic carbocycles. The van der Waals surface area contributed by atoms with Gasteiger partial charge in [-0.05, 0) is 36.3 Å². The van der Waals surface area contributed by atoms with E-state index in [0.29, 0.717) is 10.6 Å². The number of nitrogens with zero attached hydrogens (tertiary/aromatic N) is 1. The van der Waals surface area contributed by atoms with Crippen LogP contribution in [0.3, 0.4) is 0 Å². The third kappa shape index (κ3) is 2.62. The zero-order valence-corrected chi connectivity index (χ0v) is 12.4.